The molecule has 2 nitrogen and oxygen atoms in total. The first kappa shape index (κ1) is 15.2. The molecule has 0 saturated carbocycles. The molecule has 0 radical (unpaired) electrons. The van der Waals surface area contributed by atoms with E-state index in [-0.39, 0.29) is 12.2 Å². The van der Waals surface area contributed by atoms with Crippen LogP contribution in [0.15, 0.2) is 73.3 Å². The Morgan fingerprint density at radius 2 is 1.55 bits per heavy atom. The van der Waals surface area contributed by atoms with E-state index in [4.69, 9.17) is 8.85 Å². The second-order valence-corrected chi connectivity index (χ2v) is 8.64. The third-order valence-corrected chi connectivity index (χ3v) is 7.62. The van der Waals surface area contributed by atoms with Crippen LogP contribution in [0.3, 0.4) is 0 Å². The minimum atomic E-state index is -2.65. The van der Waals surface area contributed by atoms with Gasteiger partial charge in [-0.1, -0.05) is 66.7 Å². The van der Waals surface area contributed by atoms with Crippen molar-refractivity contribution in [3.05, 3.63) is 73.3 Å². The summed E-state index contributed by atoms with van der Waals surface area (Å²) in [5.74, 6) is 0. The highest BCUT2D eigenvalue weighted by Crippen LogP contribution is 2.26. The van der Waals surface area contributed by atoms with E-state index in [1.54, 1.807) is 0 Å². The van der Waals surface area contributed by atoms with Gasteiger partial charge in [0.25, 0.3) is 0 Å². The summed E-state index contributed by atoms with van der Waals surface area (Å²) < 4.78 is 13.1. The molecule has 1 heterocycles. The van der Waals surface area contributed by atoms with Crippen molar-refractivity contribution in [2.75, 3.05) is 0 Å². The van der Waals surface area contributed by atoms with E-state index in [0.717, 1.165) is 12.8 Å². The van der Waals surface area contributed by atoms with Gasteiger partial charge in [-0.15, -0.1) is 6.58 Å². The van der Waals surface area contributed by atoms with Gasteiger partial charge in [0.15, 0.2) is 0 Å². The molecule has 22 heavy (non-hydrogen) atoms. The molecule has 0 aromatic heterocycles. The van der Waals surface area contributed by atoms with E-state index < -0.39 is 8.56 Å². The average Bonchev–Trinajstić information content (AvgIpc) is 2.56. The maximum absolute atomic E-state index is 6.60. The maximum Gasteiger partial charge on any atom is 0.407 e. The molecule has 1 saturated heterocycles. The first-order chi connectivity index (χ1) is 10.7. The van der Waals surface area contributed by atoms with E-state index in [2.05, 4.69) is 62.0 Å². The van der Waals surface area contributed by atoms with Crippen LogP contribution in [0.4, 0.5) is 0 Å². The van der Waals surface area contributed by atoms with Crippen LogP contribution in [-0.2, 0) is 8.85 Å². The van der Waals surface area contributed by atoms with E-state index in [9.17, 15) is 0 Å². The van der Waals surface area contributed by atoms with Crippen molar-refractivity contribution < 1.29 is 8.85 Å². The Hall–Kier alpha value is -1.68. The van der Waals surface area contributed by atoms with E-state index in [1.807, 2.05) is 18.2 Å². The first-order valence-electron chi connectivity index (χ1n) is 7.82. The van der Waals surface area contributed by atoms with Gasteiger partial charge in [0.2, 0.25) is 0 Å². The fourth-order valence-electron chi connectivity index (χ4n) is 3.10. The summed E-state index contributed by atoms with van der Waals surface area (Å²) in [6.45, 7) is 6.01. The van der Waals surface area contributed by atoms with Crippen molar-refractivity contribution in [3.8, 4) is 0 Å². The van der Waals surface area contributed by atoms with Crippen LogP contribution < -0.4 is 10.4 Å². The minimum absolute atomic E-state index is 0.174. The van der Waals surface area contributed by atoms with Crippen LogP contribution in [-0.4, -0.2) is 20.8 Å². The van der Waals surface area contributed by atoms with Crippen LogP contribution in [0, 0.1) is 0 Å². The van der Waals surface area contributed by atoms with Crippen molar-refractivity contribution in [3.63, 3.8) is 0 Å². The largest absolute Gasteiger partial charge is 0.407 e. The zero-order valence-corrected chi connectivity index (χ0v) is 13.9. The quantitative estimate of drug-likeness (QED) is 0.638. The van der Waals surface area contributed by atoms with Crippen LogP contribution in [0.1, 0.15) is 19.8 Å². The Bertz CT molecular complexity index is 572. The Morgan fingerprint density at radius 3 is 2.05 bits per heavy atom. The summed E-state index contributed by atoms with van der Waals surface area (Å²) in [5, 5.41) is 2.34. The van der Waals surface area contributed by atoms with Gasteiger partial charge in [-0.05, 0) is 30.1 Å². The molecule has 0 amide bonds. The van der Waals surface area contributed by atoms with Crippen molar-refractivity contribution in [2.45, 2.75) is 32.0 Å². The second kappa shape index (κ2) is 6.61. The molecule has 2 aromatic carbocycles. The molecular weight excluding hydrogens is 288 g/mol. The molecule has 1 aliphatic heterocycles. The van der Waals surface area contributed by atoms with Gasteiger partial charge in [-0.25, -0.2) is 0 Å². The summed E-state index contributed by atoms with van der Waals surface area (Å²) in [5.41, 5.74) is 0. The van der Waals surface area contributed by atoms with Crippen molar-refractivity contribution in [1.29, 1.82) is 0 Å². The lowest BCUT2D eigenvalue weighted by Gasteiger charge is -2.42. The molecule has 114 valence electrons. The fraction of sp³-hybridized carbons (Fsp3) is 0.263. The van der Waals surface area contributed by atoms with Crippen LogP contribution in [0.5, 0.6) is 0 Å². The van der Waals surface area contributed by atoms with E-state index in [0.29, 0.717) is 0 Å². The van der Waals surface area contributed by atoms with Gasteiger partial charge in [0.05, 0.1) is 6.10 Å². The lowest BCUT2D eigenvalue weighted by molar-refractivity contribution is 0.0218. The third kappa shape index (κ3) is 2.93. The van der Waals surface area contributed by atoms with E-state index >= 15 is 0 Å². The Balaban J connectivity index is 2.09. The van der Waals surface area contributed by atoms with E-state index in [1.165, 1.54) is 10.4 Å². The van der Waals surface area contributed by atoms with Crippen LogP contribution in [0.25, 0.3) is 0 Å². The summed E-state index contributed by atoms with van der Waals surface area (Å²) in [6, 6.07) is 20.8. The maximum atomic E-state index is 6.60. The predicted molar refractivity (Wildman–Crippen MR) is 92.8 cm³/mol. The highest BCUT2D eigenvalue weighted by atomic mass is 28.4. The van der Waals surface area contributed by atoms with Gasteiger partial charge >= 0.3 is 8.56 Å². The molecule has 0 spiro atoms. The van der Waals surface area contributed by atoms with Crippen molar-refractivity contribution in [2.24, 2.45) is 0 Å². The number of benzene rings is 2. The molecule has 2 aromatic rings. The van der Waals surface area contributed by atoms with Gasteiger partial charge < -0.3 is 8.85 Å². The Morgan fingerprint density at radius 1 is 1.00 bits per heavy atom. The molecule has 0 aliphatic carbocycles. The standard InChI is InChI=1S/C19H22O2Si/c1-3-10-17-15-16(2)20-22(21-17,18-11-6-4-7-12-18)19-13-8-5-9-14-19/h3-9,11-14,16-17H,1,10,15H2,2H3/t16-,17+/m1/s1. The van der Waals surface area contributed by atoms with Crippen molar-refractivity contribution >= 4 is 18.9 Å². The summed E-state index contributed by atoms with van der Waals surface area (Å²) in [4.78, 5) is 0. The zero-order valence-electron chi connectivity index (χ0n) is 12.9. The Labute approximate surface area is 133 Å². The van der Waals surface area contributed by atoms with Crippen LogP contribution >= 0.6 is 0 Å². The topological polar surface area (TPSA) is 18.5 Å². The Kier molecular flexibility index (Phi) is 4.57. The third-order valence-electron chi connectivity index (χ3n) is 4.03. The predicted octanol–water partition coefficient (Wildman–Crippen LogP) is 3.01. The molecule has 2 atom stereocenters. The summed E-state index contributed by atoms with van der Waals surface area (Å²) in [6.07, 6.45) is 4.08. The molecule has 0 N–H and O–H groups in total. The monoisotopic (exact) mass is 310 g/mol. The molecule has 1 fully saturated rings. The molecule has 3 rings (SSSR count). The average molecular weight is 310 g/mol. The zero-order chi connectivity index (χ0) is 15.4. The summed E-state index contributed by atoms with van der Waals surface area (Å²) in [7, 11) is -2.65. The van der Waals surface area contributed by atoms with Gasteiger partial charge in [-0.2, -0.15) is 0 Å². The number of hydrogen-bond donors (Lipinski definition) is 0. The summed E-state index contributed by atoms with van der Waals surface area (Å²) >= 11 is 0. The SMILES string of the molecule is C=CC[C@H]1C[C@@H](C)O[Si](c2ccccc2)(c2ccccc2)O1. The van der Waals surface area contributed by atoms with Gasteiger partial charge in [0, 0.05) is 6.10 Å². The first-order valence-corrected chi connectivity index (χ1v) is 9.64. The lowest BCUT2D eigenvalue weighted by atomic mass is 10.1. The van der Waals surface area contributed by atoms with Gasteiger partial charge in [0.1, 0.15) is 0 Å². The van der Waals surface area contributed by atoms with Crippen molar-refractivity contribution in [1.82, 2.24) is 0 Å². The van der Waals surface area contributed by atoms with Crippen LogP contribution in [0.2, 0.25) is 0 Å². The number of hydrogen-bond acceptors (Lipinski definition) is 2. The number of rotatable bonds is 4. The highest BCUT2D eigenvalue weighted by molar-refractivity contribution is 6.92. The smallest absolute Gasteiger partial charge is 0.385 e. The fourth-order valence-corrected chi connectivity index (χ4v) is 6.62. The van der Waals surface area contributed by atoms with Gasteiger partial charge in [-0.3, -0.25) is 0 Å². The lowest BCUT2D eigenvalue weighted by Crippen LogP contribution is -2.68. The molecular formula is C19H22O2Si. The molecule has 0 bridgehead atoms. The molecule has 0 unspecified atom stereocenters. The minimum Gasteiger partial charge on any atom is -0.385 e. The highest BCUT2D eigenvalue weighted by Gasteiger charge is 2.48. The normalized spacial score (nSPS) is 23.9. The second-order valence-electron chi connectivity index (χ2n) is 5.78. The molecule has 1 aliphatic rings. The molecule has 3 heteroatoms.